The van der Waals surface area contributed by atoms with Gasteiger partial charge in [-0.3, -0.25) is 9.48 Å². The van der Waals surface area contributed by atoms with Gasteiger partial charge < -0.3 is 15.6 Å². The predicted octanol–water partition coefficient (Wildman–Crippen LogP) is 0.0817. The van der Waals surface area contributed by atoms with Gasteiger partial charge in [-0.05, 0) is 26.8 Å². The minimum atomic E-state index is -0.155. The molecule has 0 saturated carbocycles. The van der Waals surface area contributed by atoms with Crippen molar-refractivity contribution >= 4 is 5.91 Å². The van der Waals surface area contributed by atoms with Gasteiger partial charge in [0.15, 0.2) is 5.82 Å². The highest BCUT2D eigenvalue weighted by Crippen LogP contribution is 2.08. The molecule has 8 nitrogen and oxygen atoms in total. The van der Waals surface area contributed by atoms with Gasteiger partial charge in [0, 0.05) is 18.8 Å². The van der Waals surface area contributed by atoms with Crippen molar-refractivity contribution < 1.29 is 4.79 Å². The number of hydrogen-bond acceptors (Lipinski definition) is 5. The third-order valence-corrected chi connectivity index (χ3v) is 3.37. The molecule has 2 aromatic rings. The number of aryl methyl sites for hydroxylation is 2. The van der Waals surface area contributed by atoms with E-state index in [9.17, 15) is 4.79 Å². The first-order valence-corrected chi connectivity index (χ1v) is 7.04. The molecule has 2 heterocycles. The van der Waals surface area contributed by atoms with Crippen LogP contribution in [0.15, 0.2) is 12.5 Å². The Morgan fingerprint density at radius 2 is 2.29 bits per heavy atom. The van der Waals surface area contributed by atoms with Crippen LogP contribution in [0.3, 0.4) is 0 Å². The minimum absolute atomic E-state index is 0.155. The fourth-order valence-corrected chi connectivity index (χ4v) is 2.07. The van der Waals surface area contributed by atoms with Crippen LogP contribution < -0.4 is 11.1 Å². The first-order chi connectivity index (χ1) is 10.2. The van der Waals surface area contributed by atoms with Gasteiger partial charge in [-0.25, -0.2) is 0 Å². The van der Waals surface area contributed by atoms with E-state index in [4.69, 9.17) is 5.73 Å². The zero-order valence-electron chi connectivity index (χ0n) is 12.4. The monoisotopic (exact) mass is 291 g/mol. The largest absolute Gasteiger partial charge is 0.345 e. The molecule has 0 unspecified atom stereocenters. The number of amides is 1. The Balaban J connectivity index is 1.99. The van der Waals surface area contributed by atoms with Gasteiger partial charge >= 0.3 is 0 Å². The van der Waals surface area contributed by atoms with E-state index in [1.165, 1.54) is 0 Å². The topological polar surface area (TPSA) is 104 Å². The number of nitrogens with zero attached hydrogens (tertiary/aromatic N) is 5. The van der Waals surface area contributed by atoms with E-state index in [0.29, 0.717) is 18.7 Å². The summed E-state index contributed by atoms with van der Waals surface area (Å²) < 4.78 is 3.69. The molecule has 0 aliphatic carbocycles. The van der Waals surface area contributed by atoms with Crippen LogP contribution in [0.25, 0.3) is 0 Å². The van der Waals surface area contributed by atoms with Crippen molar-refractivity contribution in [3.63, 3.8) is 0 Å². The SMILES string of the molecule is CCn1cnnc1CNC(=O)c1cnn(CCCN)c1C. The second kappa shape index (κ2) is 6.98. The van der Waals surface area contributed by atoms with Crippen LogP contribution in [-0.4, -0.2) is 37.0 Å². The summed E-state index contributed by atoms with van der Waals surface area (Å²) in [5, 5.41) is 14.9. The Labute approximate surface area is 123 Å². The number of carbonyl (C=O) groups is 1. The number of aromatic nitrogens is 5. The van der Waals surface area contributed by atoms with Crippen LogP contribution in [0.1, 0.15) is 35.2 Å². The van der Waals surface area contributed by atoms with Gasteiger partial charge in [0.25, 0.3) is 5.91 Å². The molecule has 3 N–H and O–H groups in total. The fourth-order valence-electron chi connectivity index (χ4n) is 2.07. The zero-order valence-corrected chi connectivity index (χ0v) is 12.4. The summed E-state index contributed by atoms with van der Waals surface area (Å²) in [7, 11) is 0. The highest BCUT2D eigenvalue weighted by molar-refractivity contribution is 5.94. The summed E-state index contributed by atoms with van der Waals surface area (Å²) in [4.78, 5) is 12.2. The maximum absolute atomic E-state index is 12.2. The number of hydrogen-bond donors (Lipinski definition) is 2. The molecule has 0 saturated heterocycles. The standard InChI is InChI=1S/C13H21N7O/c1-3-19-9-16-18-12(19)8-15-13(21)11-7-17-20(10(11)2)6-4-5-14/h7,9H,3-6,8,14H2,1-2H3,(H,15,21). The lowest BCUT2D eigenvalue weighted by molar-refractivity contribution is 0.0948. The van der Waals surface area contributed by atoms with Crippen molar-refractivity contribution in [2.75, 3.05) is 6.54 Å². The van der Waals surface area contributed by atoms with Crippen LogP contribution in [-0.2, 0) is 19.6 Å². The summed E-state index contributed by atoms with van der Waals surface area (Å²) in [5.74, 6) is 0.580. The maximum atomic E-state index is 12.2. The molecule has 0 aliphatic heterocycles. The third-order valence-electron chi connectivity index (χ3n) is 3.37. The Morgan fingerprint density at radius 1 is 1.48 bits per heavy atom. The molecule has 114 valence electrons. The lowest BCUT2D eigenvalue weighted by atomic mass is 10.2. The van der Waals surface area contributed by atoms with Gasteiger partial charge in [0.05, 0.1) is 18.3 Å². The lowest BCUT2D eigenvalue weighted by Gasteiger charge is -2.06. The molecule has 2 aromatic heterocycles. The molecule has 0 spiro atoms. The first kappa shape index (κ1) is 15.2. The molecule has 8 heteroatoms. The van der Waals surface area contributed by atoms with Crippen molar-refractivity contribution in [1.29, 1.82) is 0 Å². The second-order valence-electron chi connectivity index (χ2n) is 4.72. The fraction of sp³-hybridized carbons (Fsp3) is 0.538. The smallest absolute Gasteiger partial charge is 0.255 e. The Kier molecular flexibility index (Phi) is 5.04. The van der Waals surface area contributed by atoms with E-state index >= 15 is 0 Å². The van der Waals surface area contributed by atoms with Crippen molar-refractivity contribution in [3.8, 4) is 0 Å². The van der Waals surface area contributed by atoms with Crippen molar-refractivity contribution in [1.82, 2.24) is 29.9 Å². The van der Waals surface area contributed by atoms with Crippen LogP contribution in [0.5, 0.6) is 0 Å². The molecule has 21 heavy (non-hydrogen) atoms. The number of rotatable bonds is 7. The van der Waals surface area contributed by atoms with Crippen LogP contribution in [0.2, 0.25) is 0 Å². The van der Waals surface area contributed by atoms with E-state index in [2.05, 4.69) is 20.6 Å². The molecule has 0 fully saturated rings. The molecule has 0 aromatic carbocycles. The van der Waals surface area contributed by atoms with E-state index in [1.807, 2.05) is 18.4 Å². The number of carbonyl (C=O) groups excluding carboxylic acids is 1. The van der Waals surface area contributed by atoms with Gasteiger partial charge in [0.1, 0.15) is 6.33 Å². The minimum Gasteiger partial charge on any atom is -0.345 e. The summed E-state index contributed by atoms with van der Waals surface area (Å²) in [6, 6.07) is 0. The Bertz CT molecular complexity index is 601. The quantitative estimate of drug-likeness (QED) is 0.752. The first-order valence-electron chi connectivity index (χ1n) is 7.04. The summed E-state index contributed by atoms with van der Waals surface area (Å²) >= 11 is 0. The molecule has 2 rings (SSSR count). The Morgan fingerprint density at radius 3 is 3.00 bits per heavy atom. The second-order valence-corrected chi connectivity index (χ2v) is 4.72. The van der Waals surface area contributed by atoms with E-state index < -0.39 is 0 Å². The van der Waals surface area contributed by atoms with Crippen molar-refractivity contribution in [2.24, 2.45) is 5.73 Å². The molecule has 0 radical (unpaired) electrons. The average molecular weight is 291 g/mol. The number of nitrogens with two attached hydrogens (primary N) is 1. The normalized spacial score (nSPS) is 10.8. The van der Waals surface area contributed by atoms with Crippen molar-refractivity contribution in [3.05, 3.63) is 29.6 Å². The number of nitrogens with one attached hydrogen (secondary N) is 1. The molecule has 0 bridgehead atoms. The average Bonchev–Trinajstić information content (AvgIpc) is 3.09. The third kappa shape index (κ3) is 3.46. The van der Waals surface area contributed by atoms with Gasteiger partial charge in [-0.2, -0.15) is 5.10 Å². The van der Waals surface area contributed by atoms with Crippen molar-refractivity contribution in [2.45, 2.75) is 39.9 Å². The molecular formula is C13H21N7O. The Hall–Kier alpha value is -2.22. The molecule has 0 aliphatic rings. The highest BCUT2D eigenvalue weighted by atomic mass is 16.1. The summed E-state index contributed by atoms with van der Waals surface area (Å²) in [6.07, 6.45) is 4.08. The van der Waals surface area contributed by atoms with E-state index in [-0.39, 0.29) is 5.91 Å². The van der Waals surface area contributed by atoms with Gasteiger partial charge in [0.2, 0.25) is 0 Å². The molecule has 0 atom stereocenters. The van der Waals surface area contributed by atoms with E-state index in [1.54, 1.807) is 17.2 Å². The summed E-state index contributed by atoms with van der Waals surface area (Å²) in [5.41, 5.74) is 6.91. The lowest BCUT2D eigenvalue weighted by Crippen LogP contribution is -2.25. The van der Waals surface area contributed by atoms with Gasteiger partial charge in [-0.15, -0.1) is 10.2 Å². The van der Waals surface area contributed by atoms with Crippen LogP contribution in [0.4, 0.5) is 0 Å². The molecule has 1 amide bonds. The van der Waals surface area contributed by atoms with E-state index in [0.717, 1.165) is 31.0 Å². The predicted molar refractivity (Wildman–Crippen MR) is 77.5 cm³/mol. The van der Waals surface area contributed by atoms with Crippen LogP contribution >= 0.6 is 0 Å². The maximum Gasteiger partial charge on any atom is 0.255 e. The van der Waals surface area contributed by atoms with Crippen LogP contribution in [0, 0.1) is 6.92 Å². The molecular weight excluding hydrogens is 270 g/mol. The highest BCUT2D eigenvalue weighted by Gasteiger charge is 2.14. The zero-order chi connectivity index (χ0) is 15.2. The van der Waals surface area contributed by atoms with Gasteiger partial charge in [-0.1, -0.05) is 0 Å². The summed E-state index contributed by atoms with van der Waals surface area (Å²) in [6.45, 7) is 6.33.